The van der Waals surface area contributed by atoms with Gasteiger partial charge < -0.3 is 16.2 Å². The van der Waals surface area contributed by atoms with Crippen molar-refractivity contribution in [1.82, 2.24) is 10.3 Å². The molecule has 0 saturated carbocycles. The minimum atomic E-state index is -0.397. The molecular weight excluding hydrogens is 290 g/mol. The second-order valence-corrected chi connectivity index (χ2v) is 5.02. The second-order valence-electron chi connectivity index (χ2n) is 4.64. The first-order valence-corrected chi connectivity index (χ1v) is 6.84. The summed E-state index contributed by atoms with van der Waals surface area (Å²) in [6, 6.07) is 10.6. The third-order valence-corrected chi connectivity index (χ3v) is 3.23. The molecule has 4 N–H and O–H groups in total. The van der Waals surface area contributed by atoms with Crippen molar-refractivity contribution in [3.05, 3.63) is 58.9 Å². The quantitative estimate of drug-likeness (QED) is 0.733. The first-order chi connectivity index (χ1) is 10.1. The van der Waals surface area contributed by atoms with E-state index in [1.54, 1.807) is 0 Å². The largest absolute Gasteiger partial charge is 0.397 e. The predicted molar refractivity (Wildman–Crippen MR) is 82.1 cm³/mol. The van der Waals surface area contributed by atoms with Crippen molar-refractivity contribution in [3.8, 4) is 0 Å². The number of hydrogen-bond donors (Lipinski definition) is 3. The summed E-state index contributed by atoms with van der Waals surface area (Å²) in [5, 5.41) is 12.4. The highest BCUT2D eigenvalue weighted by Crippen LogP contribution is 2.15. The fourth-order valence-corrected chi connectivity index (χ4v) is 2.12. The van der Waals surface area contributed by atoms with E-state index in [0.29, 0.717) is 6.42 Å². The Hall–Kier alpha value is -2.11. The number of aromatic nitrogens is 1. The van der Waals surface area contributed by atoms with Gasteiger partial charge in [-0.25, -0.2) is 4.98 Å². The van der Waals surface area contributed by atoms with Crippen molar-refractivity contribution in [2.45, 2.75) is 12.5 Å². The molecule has 1 aromatic carbocycles. The first kappa shape index (κ1) is 15.3. The number of nitrogens with one attached hydrogen (secondary N) is 1. The molecule has 2 rings (SSSR count). The van der Waals surface area contributed by atoms with Gasteiger partial charge in [0.05, 0.1) is 30.1 Å². The number of halogens is 1. The van der Waals surface area contributed by atoms with E-state index in [-0.39, 0.29) is 28.9 Å². The van der Waals surface area contributed by atoms with Gasteiger partial charge in [-0.3, -0.25) is 4.79 Å². The molecule has 6 heteroatoms. The van der Waals surface area contributed by atoms with Gasteiger partial charge >= 0.3 is 0 Å². The normalized spacial score (nSPS) is 11.9. The average molecular weight is 306 g/mol. The van der Waals surface area contributed by atoms with Gasteiger partial charge in [-0.15, -0.1) is 0 Å². The van der Waals surface area contributed by atoms with E-state index >= 15 is 0 Å². The van der Waals surface area contributed by atoms with E-state index in [4.69, 9.17) is 17.3 Å². The molecule has 110 valence electrons. The molecular formula is C15H16ClN3O2. The van der Waals surface area contributed by atoms with Crippen LogP contribution in [0.3, 0.4) is 0 Å². The third kappa shape index (κ3) is 4.18. The summed E-state index contributed by atoms with van der Waals surface area (Å²) in [4.78, 5) is 16.0. The Morgan fingerprint density at radius 2 is 2.10 bits per heavy atom. The van der Waals surface area contributed by atoms with Crippen LogP contribution in [0.1, 0.15) is 15.9 Å². The number of aliphatic hydroxyl groups excluding tert-OH is 1. The molecule has 0 fully saturated rings. The molecule has 0 bridgehead atoms. The number of pyridine rings is 1. The van der Waals surface area contributed by atoms with E-state index in [0.717, 1.165) is 5.56 Å². The monoisotopic (exact) mass is 305 g/mol. The molecule has 0 unspecified atom stereocenters. The van der Waals surface area contributed by atoms with Crippen LogP contribution in [0.5, 0.6) is 0 Å². The molecule has 0 aliphatic heterocycles. The lowest BCUT2D eigenvalue weighted by Gasteiger charge is -2.17. The Bertz CT molecular complexity index is 620. The fourth-order valence-electron chi connectivity index (χ4n) is 1.96. The molecule has 1 atom stereocenters. The summed E-state index contributed by atoms with van der Waals surface area (Å²) in [5.41, 5.74) is 7.24. The lowest BCUT2D eigenvalue weighted by molar-refractivity contribution is 0.0917. The standard InChI is InChI=1S/C15H16ClN3O2/c16-14-7-12(13(17)8-18-14)15(21)19-11(9-20)6-10-4-2-1-3-5-10/h1-5,7-8,11,20H,6,9,17H2,(H,19,21)/t11-/m0/s1. The number of amides is 1. The van der Waals surface area contributed by atoms with Crippen LogP contribution in [0.25, 0.3) is 0 Å². The Balaban J connectivity index is 2.07. The Morgan fingerprint density at radius 1 is 1.38 bits per heavy atom. The number of nitrogens with zero attached hydrogens (tertiary/aromatic N) is 1. The lowest BCUT2D eigenvalue weighted by Crippen LogP contribution is -2.39. The zero-order chi connectivity index (χ0) is 15.2. The molecule has 0 saturated heterocycles. The minimum absolute atomic E-state index is 0.167. The fraction of sp³-hybridized carbons (Fsp3) is 0.200. The molecule has 2 aromatic rings. The summed E-state index contributed by atoms with van der Waals surface area (Å²) >= 11 is 5.77. The van der Waals surface area contributed by atoms with Gasteiger partial charge in [0.2, 0.25) is 0 Å². The maximum absolute atomic E-state index is 12.2. The average Bonchev–Trinajstić information content (AvgIpc) is 2.50. The van der Waals surface area contributed by atoms with Gasteiger partial charge in [0.15, 0.2) is 0 Å². The molecule has 0 aliphatic rings. The van der Waals surface area contributed by atoms with Crippen molar-refractivity contribution in [3.63, 3.8) is 0 Å². The van der Waals surface area contributed by atoms with Gasteiger partial charge in [0.1, 0.15) is 5.15 Å². The van der Waals surface area contributed by atoms with Gasteiger partial charge in [-0.05, 0) is 18.1 Å². The summed E-state index contributed by atoms with van der Waals surface area (Å²) in [6.07, 6.45) is 1.87. The van der Waals surface area contributed by atoms with Crippen LogP contribution in [-0.2, 0) is 6.42 Å². The molecule has 1 amide bonds. The molecule has 0 aliphatic carbocycles. The molecule has 0 radical (unpaired) electrons. The summed E-state index contributed by atoms with van der Waals surface area (Å²) in [7, 11) is 0. The number of carbonyl (C=O) groups excluding carboxylic acids is 1. The topological polar surface area (TPSA) is 88.2 Å². The maximum atomic E-state index is 12.2. The van der Waals surface area contributed by atoms with Gasteiger partial charge in [-0.1, -0.05) is 41.9 Å². The zero-order valence-corrected chi connectivity index (χ0v) is 12.0. The maximum Gasteiger partial charge on any atom is 0.253 e. The van der Waals surface area contributed by atoms with Gasteiger partial charge in [-0.2, -0.15) is 0 Å². The molecule has 21 heavy (non-hydrogen) atoms. The summed E-state index contributed by atoms with van der Waals surface area (Å²) in [5.74, 6) is -0.383. The summed E-state index contributed by atoms with van der Waals surface area (Å²) in [6.45, 7) is -0.167. The number of carbonyl (C=O) groups is 1. The number of anilines is 1. The number of nitrogen functional groups attached to an aromatic ring is 1. The SMILES string of the molecule is Nc1cnc(Cl)cc1C(=O)N[C@H](CO)Cc1ccccc1. The van der Waals surface area contributed by atoms with E-state index in [1.807, 2.05) is 30.3 Å². The van der Waals surface area contributed by atoms with Crippen molar-refractivity contribution in [2.75, 3.05) is 12.3 Å². The van der Waals surface area contributed by atoms with Crippen LogP contribution in [-0.4, -0.2) is 28.6 Å². The predicted octanol–water partition coefficient (Wildman–Crippen LogP) is 1.65. The number of benzene rings is 1. The number of hydrogen-bond acceptors (Lipinski definition) is 4. The Kier molecular flexibility index (Phi) is 5.14. The van der Waals surface area contributed by atoms with Crippen LogP contribution in [0, 0.1) is 0 Å². The third-order valence-electron chi connectivity index (χ3n) is 3.03. The second kappa shape index (κ2) is 7.06. The highest BCUT2D eigenvalue weighted by Gasteiger charge is 2.16. The van der Waals surface area contributed by atoms with Crippen LogP contribution >= 0.6 is 11.6 Å². The zero-order valence-electron chi connectivity index (χ0n) is 11.3. The highest BCUT2D eigenvalue weighted by molar-refractivity contribution is 6.29. The van der Waals surface area contributed by atoms with Crippen molar-refractivity contribution in [2.24, 2.45) is 0 Å². The van der Waals surface area contributed by atoms with Gasteiger partial charge in [0, 0.05) is 0 Å². The lowest BCUT2D eigenvalue weighted by atomic mass is 10.1. The highest BCUT2D eigenvalue weighted by atomic mass is 35.5. The van der Waals surface area contributed by atoms with E-state index < -0.39 is 6.04 Å². The minimum Gasteiger partial charge on any atom is -0.397 e. The Morgan fingerprint density at radius 3 is 2.76 bits per heavy atom. The molecule has 1 heterocycles. The number of nitrogens with two attached hydrogens (primary N) is 1. The van der Waals surface area contributed by atoms with Crippen LogP contribution in [0.15, 0.2) is 42.6 Å². The van der Waals surface area contributed by atoms with Gasteiger partial charge in [0.25, 0.3) is 5.91 Å². The Labute approximate surface area is 127 Å². The van der Waals surface area contributed by atoms with Crippen LogP contribution in [0.2, 0.25) is 5.15 Å². The van der Waals surface area contributed by atoms with Crippen LogP contribution in [0.4, 0.5) is 5.69 Å². The van der Waals surface area contributed by atoms with E-state index in [9.17, 15) is 9.90 Å². The first-order valence-electron chi connectivity index (χ1n) is 6.47. The molecule has 0 spiro atoms. The summed E-state index contributed by atoms with van der Waals surface area (Å²) < 4.78 is 0. The van der Waals surface area contributed by atoms with Crippen molar-refractivity contribution in [1.29, 1.82) is 0 Å². The molecule has 5 nitrogen and oxygen atoms in total. The van der Waals surface area contributed by atoms with Crippen molar-refractivity contribution >= 4 is 23.2 Å². The number of rotatable bonds is 5. The smallest absolute Gasteiger partial charge is 0.253 e. The van der Waals surface area contributed by atoms with Crippen molar-refractivity contribution < 1.29 is 9.90 Å². The number of aliphatic hydroxyl groups is 1. The molecule has 1 aromatic heterocycles. The van der Waals surface area contributed by atoms with E-state index in [1.165, 1.54) is 12.3 Å². The van der Waals surface area contributed by atoms with Crippen LogP contribution < -0.4 is 11.1 Å². The van der Waals surface area contributed by atoms with E-state index in [2.05, 4.69) is 10.3 Å².